The molecule has 0 aromatic carbocycles. The van der Waals surface area contributed by atoms with Crippen LogP contribution in [0.3, 0.4) is 0 Å². The maximum absolute atomic E-state index is 10.7. The summed E-state index contributed by atoms with van der Waals surface area (Å²) in [5.74, 6) is -0.289. The lowest BCUT2D eigenvalue weighted by Crippen LogP contribution is -2.46. The van der Waals surface area contributed by atoms with Crippen LogP contribution >= 0.6 is 0 Å². The molecule has 2 rings (SSSR count). The van der Waals surface area contributed by atoms with Gasteiger partial charge in [0.2, 0.25) is 0 Å². The van der Waals surface area contributed by atoms with Crippen LogP contribution in [-0.2, 0) is 6.54 Å². The molecule has 6 nitrogen and oxygen atoms in total. The second-order valence-corrected chi connectivity index (χ2v) is 4.93. The predicted octanol–water partition coefficient (Wildman–Crippen LogP) is 0.315. The summed E-state index contributed by atoms with van der Waals surface area (Å²) in [5, 5.41) is 12.0. The number of nitrogens with one attached hydrogen (secondary N) is 1. The highest BCUT2D eigenvalue weighted by Gasteiger charge is 2.13. The fourth-order valence-corrected chi connectivity index (χ4v) is 2.11. The Kier molecular flexibility index (Phi) is 4.95. The summed E-state index contributed by atoms with van der Waals surface area (Å²) in [6.07, 6.45) is 1.28. The van der Waals surface area contributed by atoms with Crippen molar-refractivity contribution in [1.29, 1.82) is 0 Å². The Morgan fingerprint density at radius 2 is 2.16 bits per heavy atom. The van der Waals surface area contributed by atoms with Crippen molar-refractivity contribution in [2.75, 3.05) is 46.3 Å². The van der Waals surface area contributed by atoms with Crippen LogP contribution in [0.4, 0.5) is 0 Å². The molecule has 2 heterocycles. The van der Waals surface area contributed by atoms with Crippen molar-refractivity contribution in [2.45, 2.75) is 6.54 Å². The topological polar surface area (TPSA) is 69.0 Å². The highest BCUT2D eigenvalue weighted by molar-refractivity contribution is 5.87. The first-order chi connectivity index (χ1) is 9.15. The highest BCUT2D eigenvalue weighted by Crippen LogP contribution is 2.07. The smallest absolute Gasteiger partial charge is 0.338 e. The lowest BCUT2D eigenvalue weighted by Gasteiger charge is -2.32. The van der Waals surface area contributed by atoms with Crippen LogP contribution in [0.5, 0.6) is 0 Å². The Labute approximate surface area is 113 Å². The van der Waals surface area contributed by atoms with Gasteiger partial charge in [-0.15, -0.1) is 0 Å². The van der Waals surface area contributed by atoms with E-state index in [1.54, 1.807) is 6.07 Å². The number of likely N-dealkylation sites (N-methyl/N-ethyl adjacent to an activating group) is 1. The van der Waals surface area contributed by atoms with E-state index in [0.29, 0.717) is 12.3 Å². The Morgan fingerprint density at radius 3 is 2.79 bits per heavy atom. The van der Waals surface area contributed by atoms with Gasteiger partial charge in [-0.2, -0.15) is 0 Å². The Morgan fingerprint density at radius 1 is 1.42 bits per heavy atom. The van der Waals surface area contributed by atoms with Crippen LogP contribution in [0.25, 0.3) is 0 Å². The van der Waals surface area contributed by atoms with E-state index in [2.05, 4.69) is 22.2 Å². The number of rotatable bonds is 6. The average Bonchev–Trinajstić information content (AvgIpc) is 2.86. The molecule has 0 aliphatic carbocycles. The average molecular weight is 267 g/mol. The summed E-state index contributed by atoms with van der Waals surface area (Å²) in [6.45, 7) is 6.94. The van der Waals surface area contributed by atoms with E-state index < -0.39 is 5.97 Å². The molecule has 1 aliphatic heterocycles. The van der Waals surface area contributed by atoms with Crippen LogP contribution in [0.15, 0.2) is 16.7 Å². The summed E-state index contributed by atoms with van der Waals surface area (Å²) < 4.78 is 5.17. The van der Waals surface area contributed by atoms with Gasteiger partial charge in [-0.3, -0.25) is 4.90 Å². The number of hydrogen-bond donors (Lipinski definition) is 2. The fourth-order valence-electron chi connectivity index (χ4n) is 2.11. The minimum absolute atomic E-state index is 0.205. The lowest BCUT2D eigenvalue weighted by atomic mass is 10.3. The van der Waals surface area contributed by atoms with E-state index in [9.17, 15) is 4.79 Å². The summed E-state index contributed by atoms with van der Waals surface area (Å²) in [6, 6.07) is 1.56. The minimum atomic E-state index is -0.951. The van der Waals surface area contributed by atoms with Gasteiger partial charge in [0, 0.05) is 39.3 Å². The molecular weight excluding hydrogens is 246 g/mol. The van der Waals surface area contributed by atoms with Crippen molar-refractivity contribution < 1.29 is 14.3 Å². The molecule has 6 heteroatoms. The van der Waals surface area contributed by atoms with E-state index in [1.807, 2.05) is 0 Å². The van der Waals surface area contributed by atoms with Gasteiger partial charge in [0.1, 0.15) is 12.0 Å². The third-order valence-corrected chi connectivity index (χ3v) is 3.40. The quantitative estimate of drug-likeness (QED) is 0.723. The number of carboxylic acid groups (broad SMARTS) is 1. The van der Waals surface area contributed by atoms with Crippen molar-refractivity contribution in [2.24, 2.45) is 0 Å². The minimum Gasteiger partial charge on any atom is -0.478 e. The van der Waals surface area contributed by atoms with Crippen LogP contribution in [0.1, 0.15) is 16.1 Å². The maximum atomic E-state index is 10.7. The molecule has 0 unspecified atom stereocenters. The molecule has 0 spiro atoms. The van der Waals surface area contributed by atoms with Crippen molar-refractivity contribution >= 4 is 5.97 Å². The molecule has 2 N–H and O–H groups in total. The molecule has 1 aromatic heterocycles. The van der Waals surface area contributed by atoms with Crippen LogP contribution < -0.4 is 5.32 Å². The zero-order valence-electron chi connectivity index (χ0n) is 11.3. The van der Waals surface area contributed by atoms with Crippen LogP contribution in [-0.4, -0.2) is 67.2 Å². The van der Waals surface area contributed by atoms with Gasteiger partial charge in [0.25, 0.3) is 0 Å². The van der Waals surface area contributed by atoms with Gasteiger partial charge in [0.05, 0.1) is 12.1 Å². The Balaban J connectivity index is 1.62. The molecule has 1 aromatic rings. The Bertz CT molecular complexity index is 411. The monoisotopic (exact) mass is 267 g/mol. The normalized spacial score (nSPS) is 17.7. The van der Waals surface area contributed by atoms with Gasteiger partial charge >= 0.3 is 5.97 Å². The first kappa shape index (κ1) is 14.0. The summed E-state index contributed by atoms with van der Waals surface area (Å²) in [4.78, 5) is 15.4. The summed E-state index contributed by atoms with van der Waals surface area (Å²) in [7, 11) is 2.15. The number of carbonyl (C=O) groups is 1. The fraction of sp³-hybridized carbons (Fsp3) is 0.615. The molecule has 0 atom stereocenters. The van der Waals surface area contributed by atoms with Crippen molar-refractivity contribution in [3.8, 4) is 0 Å². The second-order valence-electron chi connectivity index (χ2n) is 4.93. The first-order valence-corrected chi connectivity index (χ1v) is 6.57. The van der Waals surface area contributed by atoms with E-state index in [4.69, 9.17) is 9.52 Å². The molecule has 0 radical (unpaired) electrons. The van der Waals surface area contributed by atoms with E-state index >= 15 is 0 Å². The van der Waals surface area contributed by atoms with Crippen molar-refractivity contribution in [3.63, 3.8) is 0 Å². The van der Waals surface area contributed by atoms with Crippen LogP contribution in [0, 0.1) is 0 Å². The number of carboxylic acids is 1. The number of hydrogen-bond acceptors (Lipinski definition) is 5. The van der Waals surface area contributed by atoms with Gasteiger partial charge in [-0.1, -0.05) is 0 Å². The predicted molar refractivity (Wildman–Crippen MR) is 71.3 cm³/mol. The van der Waals surface area contributed by atoms with Gasteiger partial charge in [0.15, 0.2) is 0 Å². The zero-order valence-corrected chi connectivity index (χ0v) is 11.3. The molecule has 0 bridgehead atoms. The third kappa shape index (κ3) is 4.34. The molecule has 1 fully saturated rings. The maximum Gasteiger partial charge on any atom is 0.338 e. The first-order valence-electron chi connectivity index (χ1n) is 6.57. The molecule has 0 amide bonds. The molecule has 1 aliphatic rings. The third-order valence-electron chi connectivity index (χ3n) is 3.40. The zero-order chi connectivity index (χ0) is 13.7. The number of piperazine rings is 1. The number of aromatic carboxylic acids is 1. The summed E-state index contributed by atoms with van der Waals surface area (Å²) >= 11 is 0. The van der Waals surface area contributed by atoms with Crippen molar-refractivity contribution in [1.82, 2.24) is 15.1 Å². The molecule has 0 saturated carbocycles. The van der Waals surface area contributed by atoms with Crippen LogP contribution in [0.2, 0.25) is 0 Å². The van der Waals surface area contributed by atoms with E-state index in [1.165, 1.54) is 6.26 Å². The molecule has 19 heavy (non-hydrogen) atoms. The largest absolute Gasteiger partial charge is 0.478 e. The lowest BCUT2D eigenvalue weighted by molar-refractivity contribution is 0.0696. The van der Waals surface area contributed by atoms with Gasteiger partial charge in [-0.25, -0.2) is 4.79 Å². The van der Waals surface area contributed by atoms with E-state index in [-0.39, 0.29) is 5.56 Å². The standard InChI is InChI=1S/C13H21N3O3/c1-15-4-6-16(7-5-15)3-2-14-9-12-8-11(10-19-12)13(17)18/h8,10,14H,2-7,9H2,1H3,(H,17,18). The molecule has 1 saturated heterocycles. The molecule has 106 valence electrons. The highest BCUT2D eigenvalue weighted by atomic mass is 16.4. The summed E-state index contributed by atoms with van der Waals surface area (Å²) in [5.41, 5.74) is 0.205. The number of furan rings is 1. The van der Waals surface area contributed by atoms with Crippen molar-refractivity contribution in [3.05, 3.63) is 23.7 Å². The van der Waals surface area contributed by atoms with Gasteiger partial charge in [-0.05, 0) is 13.1 Å². The van der Waals surface area contributed by atoms with Gasteiger partial charge < -0.3 is 19.7 Å². The second kappa shape index (κ2) is 6.70. The Hall–Kier alpha value is -1.37. The van der Waals surface area contributed by atoms with E-state index in [0.717, 1.165) is 39.3 Å². The SMILES string of the molecule is CN1CCN(CCNCc2cc(C(=O)O)co2)CC1. The molecular formula is C13H21N3O3. The number of nitrogens with zero attached hydrogens (tertiary/aromatic N) is 2.